The monoisotopic (exact) mass is 431 g/mol. The van der Waals surface area contributed by atoms with Crippen molar-refractivity contribution in [2.75, 3.05) is 26.2 Å². The van der Waals surface area contributed by atoms with E-state index in [0.717, 1.165) is 10.4 Å². The first kappa shape index (κ1) is 21.0. The van der Waals surface area contributed by atoms with E-state index in [1.54, 1.807) is 49.7 Å². The Labute approximate surface area is 179 Å². The van der Waals surface area contributed by atoms with Crippen LogP contribution in [-0.2, 0) is 17.8 Å². The van der Waals surface area contributed by atoms with Crippen molar-refractivity contribution in [2.24, 2.45) is 0 Å². The lowest BCUT2D eigenvalue weighted by molar-refractivity contribution is -0.118. The lowest BCUT2D eigenvalue weighted by Gasteiger charge is -2.25. The number of nitrogens with zero attached hydrogens (tertiary/aromatic N) is 1. The van der Waals surface area contributed by atoms with Gasteiger partial charge in [0.1, 0.15) is 0 Å². The van der Waals surface area contributed by atoms with Gasteiger partial charge in [-0.3, -0.25) is 4.79 Å². The Kier molecular flexibility index (Phi) is 7.01. The molecular formula is C22H22ClNO4S. The van der Waals surface area contributed by atoms with E-state index in [9.17, 15) is 4.79 Å². The summed E-state index contributed by atoms with van der Waals surface area (Å²) in [6.07, 6.45) is 0.300. The smallest absolute Gasteiger partial charge is 0.232 e. The van der Waals surface area contributed by atoms with Crippen molar-refractivity contribution in [1.82, 2.24) is 0 Å². The number of ether oxygens (including phenoxy) is 3. The maximum atomic E-state index is 13.2. The molecular weight excluding hydrogens is 410 g/mol. The zero-order valence-electron chi connectivity index (χ0n) is 16.5. The van der Waals surface area contributed by atoms with Gasteiger partial charge in [-0.1, -0.05) is 29.8 Å². The van der Waals surface area contributed by atoms with Crippen LogP contribution in [0.4, 0.5) is 5.69 Å². The number of hydrogen-bond donors (Lipinski definition) is 0. The number of methoxy groups -OCH3 is 3. The van der Waals surface area contributed by atoms with Crippen molar-refractivity contribution in [1.29, 1.82) is 0 Å². The van der Waals surface area contributed by atoms with Crippen LogP contribution in [0.2, 0.25) is 5.02 Å². The summed E-state index contributed by atoms with van der Waals surface area (Å²) in [6, 6.07) is 14.9. The first-order valence-electron chi connectivity index (χ1n) is 8.93. The fourth-order valence-corrected chi connectivity index (χ4v) is 3.93. The highest BCUT2D eigenvalue weighted by molar-refractivity contribution is 7.10. The third kappa shape index (κ3) is 5.02. The zero-order valence-corrected chi connectivity index (χ0v) is 18.0. The molecule has 0 aliphatic rings. The minimum absolute atomic E-state index is 0.0401. The Balaban J connectivity index is 2.02. The van der Waals surface area contributed by atoms with E-state index in [1.165, 1.54) is 0 Å². The van der Waals surface area contributed by atoms with Gasteiger partial charge < -0.3 is 19.1 Å². The number of thiophene rings is 1. The molecule has 0 saturated carbocycles. The first-order chi connectivity index (χ1) is 14.0. The van der Waals surface area contributed by atoms with Crippen molar-refractivity contribution < 1.29 is 19.0 Å². The summed E-state index contributed by atoms with van der Waals surface area (Å²) in [5, 5.41) is 2.58. The van der Waals surface area contributed by atoms with E-state index in [0.29, 0.717) is 40.9 Å². The minimum Gasteiger partial charge on any atom is -0.493 e. The topological polar surface area (TPSA) is 48.0 Å². The summed E-state index contributed by atoms with van der Waals surface area (Å²) in [6.45, 7) is 0.364. The van der Waals surface area contributed by atoms with Gasteiger partial charge >= 0.3 is 0 Å². The standard InChI is InChI=1S/C22H22ClNO4S/c1-26-19-11-17(12-20(27-2)22(19)28-3)24(14-15-6-4-7-16(23)10-15)21(25)13-18-8-5-9-29-18/h4-12H,13-14H2,1-3H3. The average molecular weight is 432 g/mol. The molecule has 0 spiro atoms. The van der Waals surface area contributed by atoms with Gasteiger partial charge in [-0.05, 0) is 29.1 Å². The molecule has 152 valence electrons. The van der Waals surface area contributed by atoms with Gasteiger partial charge in [0.05, 0.1) is 40.0 Å². The molecule has 0 saturated heterocycles. The number of halogens is 1. The highest BCUT2D eigenvalue weighted by atomic mass is 35.5. The molecule has 0 fully saturated rings. The Hall–Kier alpha value is -2.70. The molecule has 2 aromatic carbocycles. The maximum absolute atomic E-state index is 13.2. The van der Waals surface area contributed by atoms with Crippen molar-refractivity contribution in [2.45, 2.75) is 13.0 Å². The van der Waals surface area contributed by atoms with Gasteiger partial charge in [-0.25, -0.2) is 0 Å². The molecule has 0 unspecified atom stereocenters. The van der Waals surface area contributed by atoms with Crippen LogP contribution in [0.5, 0.6) is 17.2 Å². The van der Waals surface area contributed by atoms with E-state index in [2.05, 4.69) is 0 Å². The van der Waals surface area contributed by atoms with E-state index in [1.807, 2.05) is 41.8 Å². The van der Waals surface area contributed by atoms with E-state index >= 15 is 0 Å². The summed E-state index contributed by atoms with van der Waals surface area (Å²) in [7, 11) is 4.65. The molecule has 1 heterocycles. The van der Waals surface area contributed by atoms with Gasteiger partial charge in [0, 0.05) is 22.0 Å². The fourth-order valence-electron chi connectivity index (χ4n) is 3.02. The Morgan fingerprint density at radius 1 is 1.00 bits per heavy atom. The Morgan fingerprint density at radius 3 is 2.28 bits per heavy atom. The molecule has 7 heteroatoms. The fraction of sp³-hybridized carbons (Fsp3) is 0.227. The number of benzene rings is 2. The molecule has 1 aromatic heterocycles. The number of anilines is 1. The van der Waals surface area contributed by atoms with Crippen LogP contribution in [0.15, 0.2) is 53.9 Å². The van der Waals surface area contributed by atoms with Crippen LogP contribution < -0.4 is 19.1 Å². The third-order valence-corrected chi connectivity index (χ3v) is 5.51. The molecule has 1 amide bonds. The van der Waals surface area contributed by atoms with Gasteiger partial charge in [-0.15, -0.1) is 11.3 Å². The van der Waals surface area contributed by atoms with E-state index < -0.39 is 0 Å². The van der Waals surface area contributed by atoms with Crippen molar-refractivity contribution in [3.8, 4) is 17.2 Å². The molecule has 0 radical (unpaired) electrons. The van der Waals surface area contributed by atoms with Crippen LogP contribution in [0.1, 0.15) is 10.4 Å². The van der Waals surface area contributed by atoms with E-state index in [-0.39, 0.29) is 5.91 Å². The number of carbonyl (C=O) groups is 1. The second kappa shape index (κ2) is 9.67. The lowest BCUT2D eigenvalue weighted by atomic mass is 10.1. The predicted octanol–water partition coefficient (Wildman–Crippen LogP) is 5.20. The molecule has 0 aliphatic heterocycles. The molecule has 0 aliphatic carbocycles. The first-order valence-corrected chi connectivity index (χ1v) is 10.2. The van der Waals surface area contributed by atoms with Crippen molar-refractivity contribution in [3.63, 3.8) is 0 Å². The zero-order chi connectivity index (χ0) is 20.8. The van der Waals surface area contributed by atoms with Crippen LogP contribution in [0.25, 0.3) is 0 Å². The minimum atomic E-state index is -0.0401. The summed E-state index contributed by atoms with van der Waals surface area (Å²) >= 11 is 7.70. The lowest BCUT2D eigenvalue weighted by Crippen LogP contribution is -2.31. The van der Waals surface area contributed by atoms with Crippen LogP contribution in [0, 0.1) is 0 Å². The van der Waals surface area contributed by atoms with Crippen LogP contribution >= 0.6 is 22.9 Å². The van der Waals surface area contributed by atoms with Crippen LogP contribution in [0.3, 0.4) is 0 Å². The number of carbonyl (C=O) groups excluding carboxylic acids is 1. The number of hydrogen-bond acceptors (Lipinski definition) is 5. The van der Waals surface area contributed by atoms with Gasteiger partial charge in [0.25, 0.3) is 0 Å². The highest BCUT2D eigenvalue weighted by Crippen LogP contribution is 2.41. The van der Waals surface area contributed by atoms with Gasteiger partial charge in [-0.2, -0.15) is 0 Å². The average Bonchev–Trinajstić information content (AvgIpc) is 3.23. The van der Waals surface area contributed by atoms with Crippen LogP contribution in [-0.4, -0.2) is 27.2 Å². The SMILES string of the molecule is COc1cc(N(Cc2cccc(Cl)c2)C(=O)Cc2cccs2)cc(OC)c1OC. The second-order valence-electron chi connectivity index (χ2n) is 6.25. The largest absolute Gasteiger partial charge is 0.493 e. The third-order valence-electron chi connectivity index (χ3n) is 4.40. The number of amides is 1. The summed E-state index contributed by atoms with van der Waals surface area (Å²) in [5.74, 6) is 1.41. The Morgan fingerprint density at radius 2 is 1.72 bits per heavy atom. The molecule has 3 aromatic rings. The van der Waals surface area contributed by atoms with Crippen molar-refractivity contribution in [3.05, 3.63) is 69.4 Å². The van der Waals surface area contributed by atoms with Gasteiger partial charge in [0.15, 0.2) is 11.5 Å². The molecule has 5 nitrogen and oxygen atoms in total. The molecule has 29 heavy (non-hydrogen) atoms. The quantitative estimate of drug-likeness (QED) is 0.491. The van der Waals surface area contributed by atoms with Crippen molar-refractivity contribution >= 4 is 34.5 Å². The normalized spacial score (nSPS) is 10.5. The molecule has 0 atom stereocenters. The second-order valence-corrected chi connectivity index (χ2v) is 7.72. The molecule has 0 N–H and O–H groups in total. The van der Waals surface area contributed by atoms with E-state index in [4.69, 9.17) is 25.8 Å². The highest BCUT2D eigenvalue weighted by Gasteiger charge is 2.22. The molecule has 0 bridgehead atoms. The molecule has 3 rings (SSSR count). The predicted molar refractivity (Wildman–Crippen MR) is 117 cm³/mol. The summed E-state index contributed by atoms with van der Waals surface area (Å²) in [4.78, 5) is 15.9. The maximum Gasteiger partial charge on any atom is 0.232 e. The summed E-state index contributed by atoms with van der Waals surface area (Å²) < 4.78 is 16.3. The summed E-state index contributed by atoms with van der Waals surface area (Å²) in [5.41, 5.74) is 1.58. The Bertz CT molecular complexity index is 950. The van der Waals surface area contributed by atoms with Gasteiger partial charge in [0.2, 0.25) is 11.7 Å². The number of rotatable bonds is 8.